The zero-order valence-electron chi connectivity index (χ0n) is 10.6. The minimum absolute atomic E-state index is 0.591. The molecule has 0 heterocycles. The van der Waals surface area contributed by atoms with Crippen LogP contribution in [0.4, 0.5) is 0 Å². The Bertz CT molecular complexity index is 169. The highest BCUT2D eigenvalue weighted by molar-refractivity contribution is 6.37. The molecule has 2 nitrogen and oxygen atoms in total. The highest BCUT2D eigenvalue weighted by atomic mass is 16.5. The fraction of sp³-hybridized carbons (Fsp3) is 0.818. The molecule has 0 aromatic heterocycles. The third-order valence-corrected chi connectivity index (χ3v) is 2.03. The maximum absolute atomic E-state index is 9.68. The van der Waals surface area contributed by atoms with Crippen molar-refractivity contribution in [2.45, 2.75) is 59.7 Å². The van der Waals surface area contributed by atoms with Crippen LogP contribution in [0.25, 0.3) is 0 Å². The van der Waals surface area contributed by atoms with E-state index >= 15 is 0 Å². The topological polar surface area (TPSA) is 29.5 Å². The summed E-state index contributed by atoms with van der Waals surface area (Å²) in [7, 11) is 1.57. The number of rotatable bonds is 4. The zero-order valence-corrected chi connectivity index (χ0v) is 10.6. The first kappa shape index (κ1) is 16.2. The Kier molecular flexibility index (Phi) is 7.22. The lowest BCUT2D eigenvalue weighted by molar-refractivity contribution is -0.0896. The van der Waals surface area contributed by atoms with E-state index in [0.717, 1.165) is 5.47 Å². The summed E-state index contributed by atoms with van der Waals surface area (Å²) < 4.78 is 5.38. The molecule has 0 atom stereocenters. The first-order valence-electron chi connectivity index (χ1n) is 5.06. The Hall–Kier alpha value is -0.275. The molecule has 0 saturated carbocycles. The van der Waals surface area contributed by atoms with Crippen LogP contribution in [0.1, 0.15) is 48.5 Å². The van der Waals surface area contributed by atoms with Crippen molar-refractivity contribution in [1.29, 1.82) is 0 Å². The van der Waals surface area contributed by atoms with Gasteiger partial charge in [-0.1, -0.05) is 26.2 Å². The molecule has 0 rings (SSSR count). The van der Waals surface area contributed by atoms with Gasteiger partial charge in [0.2, 0.25) is 0 Å². The number of allylic oxidation sites excluding steroid dienone is 1. The Labute approximate surface area is 89.6 Å². The van der Waals surface area contributed by atoms with E-state index in [-0.39, 0.29) is 0 Å². The van der Waals surface area contributed by atoms with Crippen LogP contribution in [0.3, 0.4) is 0 Å². The second-order valence-electron chi connectivity index (χ2n) is 4.15. The van der Waals surface area contributed by atoms with Crippen molar-refractivity contribution in [2.75, 3.05) is 0 Å². The molecular formula is C11H24BO2. The van der Waals surface area contributed by atoms with Crippen LogP contribution < -0.4 is 0 Å². The molecule has 0 aliphatic heterocycles. The highest BCUT2D eigenvalue weighted by Gasteiger charge is 2.35. The molecule has 0 bridgehead atoms. The molecule has 0 aromatic carbocycles. The van der Waals surface area contributed by atoms with Crippen molar-refractivity contribution in [3.8, 4) is 0 Å². The van der Waals surface area contributed by atoms with Gasteiger partial charge in [0.25, 0.3) is 0 Å². The van der Waals surface area contributed by atoms with E-state index in [9.17, 15) is 5.11 Å². The Balaban J connectivity index is 0. The van der Waals surface area contributed by atoms with Crippen LogP contribution >= 0.6 is 0 Å². The first-order chi connectivity index (χ1) is 6.17. The lowest BCUT2D eigenvalue weighted by Crippen LogP contribution is -2.48. The number of aliphatic hydroxyl groups is 1. The van der Waals surface area contributed by atoms with Crippen LogP contribution in [-0.2, 0) is 4.65 Å². The van der Waals surface area contributed by atoms with Crippen LogP contribution in [-0.4, -0.2) is 23.8 Å². The van der Waals surface area contributed by atoms with Gasteiger partial charge >= 0.3 is 7.48 Å². The molecule has 0 aromatic rings. The molecule has 3 heteroatoms. The van der Waals surface area contributed by atoms with E-state index < -0.39 is 11.2 Å². The molecule has 1 radical (unpaired) electrons. The number of hydrogen-bond donors (Lipinski definition) is 1. The van der Waals surface area contributed by atoms with Crippen molar-refractivity contribution < 1.29 is 9.76 Å². The van der Waals surface area contributed by atoms with Crippen molar-refractivity contribution in [3.63, 3.8) is 0 Å². The highest BCUT2D eigenvalue weighted by Crippen LogP contribution is 2.24. The summed E-state index contributed by atoms with van der Waals surface area (Å²) in [6.07, 6.45) is 0. The van der Waals surface area contributed by atoms with Gasteiger partial charge in [-0.2, -0.15) is 0 Å². The van der Waals surface area contributed by atoms with Crippen molar-refractivity contribution >= 4 is 7.48 Å². The van der Waals surface area contributed by atoms with Gasteiger partial charge in [0.15, 0.2) is 0 Å². The molecule has 0 amide bonds. The van der Waals surface area contributed by atoms with Crippen molar-refractivity contribution in [1.82, 2.24) is 0 Å². The summed E-state index contributed by atoms with van der Waals surface area (Å²) in [5.74, 6) is 0. The quantitative estimate of drug-likeness (QED) is 0.705. The summed E-state index contributed by atoms with van der Waals surface area (Å²) in [6, 6.07) is 0. The van der Waals surface area contributed by atoms with Crippen LogP contribution in [0, 0.1) is 0 Å². The monoisotopic (exact) mass is 199 g/mol. The third-order valence-electron chi connectivity index (χ3n) is 2.03. The van der Waals surface area contributed by atoms with Gasteiger partial charge in [-0.15, -0.1) is 6.58 Å². The van der Waals surface area contributed by atoms with Crippen LogP contribution in [0.2, 0.25) is 0 Å². The lowest BCUT2D eigenvalue weighted by Gasteiger charge is -2.37. The molecule has 1 N–H and O–H groups in total. The minimum atomic E-state index is -0.862. The van der Waals surface area contributed by atoms with Gasteiger partial charge in [-0.25, -0.2) is 0 Å². The van der Waals surface area contributed by atoms with Crippen molar-refractivity contribution in [2.24, 2.45) is 0 Å². The average Bonchev–Trinajstić information content (AvgIpc) is 2.03. The summed E-state index contributed by atoms with van der Waals surface area (Å²) in [5.41, 5.74) is -0.613. The van der Waals surface area contributed by atoms with Gasteiger partial charge in [-0.3, -0.25) is 0 Å². The van der Waals surface area contributed by atoms with Gasteiger partial charge in [-0.05, 0) is 27.7 Å². The smallest absolute Gasteiger partial charge is 0.325 e. The predicted octanol–water partition coefficient (Wildman–Crippen LogP) is 2.73. The molecule has 0 aliphatic rings. The van der Waals surface area contributed by atoms with E-state index in [1.165, 1.54) is 0 Å². The maximum atomic E-state index is 9.68. The normalized spacial score (nSPS) is 11.4. The molecular weight excluding hydrogens is 175 g/mol. The van der Waals surface area contributed by atoms with Gasteiger partial charge in [0.1, 0.15) is 0 Å². The molecule has 0 unspecified atom stereocenters. The van der Waals surface area contributed by atoms with Gasteiger partial charge < -0.3 is 9.76 Å². The Morgan fingerprint density at radius 3 is 1.79 bits per heavy atom. The molecule has 0 aliphatic carbocycles. The molecule has 14 heavy (non-hydrogen) atoms. The fourth-order valence-corrected chi connectivity index (χ4v) is 0.392. The summed E-state index contributed by atoms with van der Waals surface area (Å²) in [6.45, 7) is 16.6. The molecule has 0 saturated heterocycles. The number of hydrogen-bond acceptors (Lipinski definition) is 2. The average molecular weight is 199 g/mol. The zero-order chi connectivity index (χ0) is 12.0. The second-order valence-corrected chi connectivity index (χ2v) is 4.15. The predicted molar refractivity (Wildman–Crippen MR) is 63.4 cm³/mol. The summed E-state index contributed by atoms with van der Waals surface area (Å²) >= 11 is 0. The van der Waals surface area contributed by atoms with Gasteiger partial charge in [0, 0.05) is 0 Å². The molecule has 0 fully saturated rings. The lowest BCUT2D eigenvalue weighted by atomic mass is 9.84. The molecule has 0 spiro atoms. The van der Waals surface area contributed by atoms with Gasteiger partial charge in [0.05, 0.1) is 11.2 Å². The SMILES string of the molecule is C=C(C)[B]OC(C)(C)C(C)(C)O.CC. The van der Waals surface area contributed by atoms with E-state index in [4.69, 9.17) is 4.65 Å². The third kappa shape index (κ3) is 6.22. The van der Waals surface area contributed by atoms with Crippen LogP contribution in [0.5, 0.6) is 0 Å². The summed E-state index contributed by atoms with van der Waals surface area (Å²) in [4.78, 5) is 0. The minimum Gasteiger partial charge on any atom is -0.427 e. The largest absolute Gasteiger partial charge is 0.427 e. The van der Waals surface area contributed by atoms with Crippen molar-refractivity contribution in [3.05, 3.63) is 12.1 Å². The van der Waals surface area contributed by atoms with Crippen LogP contribution in [0.15, 0.2) is 12.1 Å². The fourth-order valence-electron chi connectivity index (χ4n) is 0.392. The summed E-state index contributed by atoms with van der Waals surface area (Å²) in [5, 5.41) is 9.68. The van der Waals surface area contributed by atoms with E-state index in [1.807, 2.05) is 34.6 Å². The standard InChI is InChI=1S/C9H18BO2.C2H6/c1-7(2)10-12-9(5,6)8(3,4)11;1-2/h11H,1H2,2-6H3;1-2H3. The Morgan fingerprint density at radius 2 is 1.57 bits per heavy atom. The van der Waals surface area contributed by atoms with E-state index in [2.05, 4.69) is 6.58 Å². The van der Waals surface area contributed by atoms with E-state index in [0.29, 0.717) is 0 Å². The second kappa shape index (κ2) is 6.25. The molecule has 83 valence electrons. The maximum Gasteiger partial charge on any atom is 0.325 e. The first-order valence-corrected chi connectivity index (χ1v) is 5.06. The van der Waals surface area contributed by atoms with E-state index in [1.54, 1.807) is 21.3 Å². The Morgan fingerprint density at radius 1 is 1.21 bits per heavy atom.